The number of sulfonamides is 1. The number of rotatable bonds is 13. The van der Waals surface area contributed by atoms with Crippen molar-refractivity contribution in [2.75, 3.05) is 31.3 Å². The van der Waals surface area contributed by atoms with Crippen LogP contribution in [0.5, 0.6) is 11.5 Å². The molecular weight excluding hydrogens is 482 g/mol. The minimum absolute atomic E-state index is 0.0652. The molecule has 0 heterocycles. The maximum atomic E-state index is 13.7. The van der Waals surface area contributed by atoms with Gasteiger partial charge in [0.25, 0.3) is 0 Å². The van der Waals surface area contributed by atoms with Crippen LogP contribution in [0.4, 0.5) is 5.69 Å². The SMILES string of the molecule is CCC(C)NC(=O)C(CC)N(Cc1cccc(OC)c1)C(=O)CN(c1cccc(OC)c1)S(C)(=O)=O. The third-order valence-corrected chi connectivity index (χ3v) is 7.04. The van der Waals surface area contributed by atoms with Crippen molar-refractivity contribution >= 4 is 27.5 Å². The van der Waals surface area contributed by atoms with Crippen LogP contribution in [0.15, 0.2) is 48.5 Å². The van der Waals surface area contributed by atoms with Crippen molar-refractivity contribution in [3.63, 3.8) is 0 Å². The molecule has 2 aromatic carbocycles. The smallest absolute Gasteiger partial charge is 0.244 e. The summed E-state index contributed by atoms with van der Waals surface area (Å²) in [6.07, 6.45) is 2.14. The molecule has 0 fully saturated rings. The molecular formula is C26H37N3O6S. The number of carbonyl (C=O) groups excluding carboxylic acids is 2. The average Bonchev–Trinajstić information content (AvgIpc) is 2.86. The van der Waals surface area contributed by atoms with E-state index in [0.717, 1.165) is 22.5 Å². The standard InChI is InChI=1S/C26H37N3O6S/c1-7-19(3)27-26(31)24(8-2)28(17-20-11-9-13-22(15-20)34-4)25(30)18-29(36(6,32)33)21-12-10-14-23(16-21)35-5/h9-16,19,24H,7-8,17-18H2,1-6H3,(H,27,31). The molecule has 0 aliphatic carbocycles. The van der Waals surface area contributed by atoms with E-state index >= 15 is 0 Å². The van der Waals surface area contributed by atoms with E-state index < -0.39 is 28.5 Å². The monoisotopic (exact) mass is 519 g/mol. The Kier molecular flexibility index (Phi) is 10.6. The van der Waals surface area contributed by atoms with Crippen molar-refractivity contribution in [1.29, 1.82) is 0 Å². The summed E-state index contributed by atoms with van der Waals surface area (Å²) >= 11 is 0. The lowest BCUT2D eigenvalue weighted by Gasteiger charge is -2.33. The molecule has 0 spiro atoms. The highest BCUT2D eigenvalue weighted by molar-refractivity contribution is 7.92. The summed E-state index contributed by atoms with van der Waals surface area (Å²) in [6, 6.07) is 12.8. The van der Waals surface area contributed by atoms with Crippen LogP contribution in [0.3, 0.4) is 0 Å². The second-order valence-electron chi connectivity index (χ2n) is 8.59. The first-order valence-electron chi connectivity index (χ1n) is 11.9. The zero-order valence-electron chi connectivity index (χ0n) is 21.9. The summed E-state index contributed by atoms with van der Waals surface area (Å²) < 4.78 is 37.0. The fraction of sp³-hybridized carbons (Fsp3) is 0.462. The number of hydrogen-bond donors (Lipinski definition) is 1. The summed E-state index contributed by atoms with van der Waals surface area (Å²) in [4.78, 5) is 28.3. The zero-order valence-corrected chi connectivity index (χ0v) is 22.7. The summed E-state index contributed by atoms with van der Waals surface area (Å²) in [7, 11) is -0.792. The topological polar surface area (TPSA) is 105 Å². The lowest BCUT2D eigenvalue weighted by Crippen LogP contribution is -2.53. The van der Waals surface area contributed by atoms with Gasteiger partial charge in [0.15, 0.2) is 0 Å². The van der Waals surface area contributed by atoms with Crippen LogP contribution >= 0.6 is 0 Å². The van der Waals surface area contributed by atoms with Crippen molar-refractivity contribution in [2.24, 2.45) is 0 Å². The van der Waals surface area contributed by atoms with E-state index in [9.17, 15) is 18.0 Å². The number of carbonyl (C=O) groups is 2. The normalized spacial score (nSPS) is 12.8. The van der Waals surface area contributed by atoms with E-state index in [0.29, 0.717) is 23.6 Å². The molecule has 10 heteroatoms. The van der Waals surface area contributed by atoms with Crippen molar-refractivity contribution in [1.82, 2.24) is 10.2 Å². The number of anilines is 1. The maximum Gasteiger partial charge on any atom is 0.244 e. The molecule has 2 aromatic rings. The Morgan fingerprint density at radius 1 is 0.972 bits per heavy atom. The molecule has 2 rings (SSSR count). The van der Waals surface area contributed by atoms with Gasteiger partial charge in [-0.05, 0) is 49.6 Å². The molecule has 0 aromatic heterocycles. The van der Waals surface area contributed by atoms with Gasteiger partial charge in [0.1, 0.15) is 24.1 Å². The van der Waals surface area contributed by atoms with Crippen molar-refractivity contribution in [2.45, 2.75) is 52.2 Å². The minimum atomic E-state index is -3.82. The molecule has 2 atom stereocenters. The summed E-state index contributed by atoms with van der Waals surface area (Å²) in [5, 5.41) is 2.95. The Morgan fingerprint density at radius 2 is 1.58 bits per heavy atom. The number of benzene rings is 2. The average molecular weight is 520 g/mol. The predicted molar refractivity (Wildman–Crippen MR) is 141 cm³/mol. The van der Waals surface area contributed by atoms with E-state index in [1.807, 2.05) is 26.8 Å². The van der Waals surface area contributed by atoms with Crippen LogP contribution in [0, 0.1) is 0 Å². The first-order valence-corrected chi connectivity index (χ1v) is 13.7. The fourth-order valence-electron chi connectivity index (χ4n) is 3.71. The number of hydrogen-bond acceptors (Lipinski definition) is 6. The predicted octanol–water partition coefficient (Wildman–Crippen LogP) is 3.19. The largest absolute Gasteiger partial charge is 0.497 e. The first kappa shape index (κ1) is 29.0. The Morgan fingerprint density at radius 3 is 2.14 bits per heavy atom. The Labute approximate surface area is 214 Å². The van der Waals surface area contributed by atoms with Gasteiger partial charge in [-0.15, -0.1) is 0 Å². The molecule has 0 aliphatic rings. The lowest BCUT2D eigenvalue weighted by atomic mass is 10.1. The molecule has 9 nitrogen and oxygen atoms in total. The molecule has 198 valence electrons. The van der Waals surface area contributed by atoms with Gasteiger partial charge in [-0.25, -0.2) is 8.42 Å². The molecule has 2 amide bonds. The van der Waals surface area contributed by atoms with Gasteiger partial charge < -0.3 is 19.7 Å². The van der Waals surface area contributed by atoms with Gasteiger partial charge in [0.2, 0.25) is 21.8 Å². The second-order valence-corrected chi connectivity index (χ2v) is 10.5. The Balaban J connectivity index is 2.47. The maximum absolute atomic E-state index is 13.7. The molecule has 0 radical (unpaired) electrons. The molecule has 0 saturated carbocycles. The fourth-order valence-corrected chi connectivity index (χ4v) is 4.55. The van der Waals surface area contributed by atoms with E-state index in [1.165, 1.54) is 12.0 Å². The van der Waals surface area contributed by atoms with Crippen LogP contribution in [-0.4, -0.2) is 64.2 Å². The molecule has 36 heavy (non-hydrogen) atoms. The van der Waals surface area contributed by atoms with Gasteiger partial charge in [-0.3, -0.25) is 13.9 Å². The summed E-state index contributed by atoms with van der Waals surface area (Å²) in [5.74, 6) is 0.292. The van der Waals surface area contributed by atoms with Gasteiger partial charge >= 0.3 is 0 Å². The highest BCUT2D eigenvalue weighted by Gasteiger charge is 2.32. The van der Waals surface area contributed by atoms with E-state index in [1.54, 1.807) is 49.6 Å². The van der Waals surface area contributed by atoms with Gasteiger partial charge in [-0.2, -0.15) is 0 Å². The van der Waals surface area contributed by atoms with Gasteiger partial charge in [0.05, 0.1) is 26.2 Å². The van der Waals surface area contributed by atoms with Crippen LogP contribution < -0.4 is 19.1 Å². The van der Waals surface area contributed by atoms with Crippen LogP contribution in [0.25, 0.3) is 0 Å². The Hall–Kier alpha value is -3.27. The highest BCUT2D eigenvalue weighted by Crippen LogP contribution is 2.24. The first-order chi connectivity index (χ1) is 17.0. The van der Waals surface area contributed by atoms with Crippen LogP contribution in [0.2, 0.25) is 0 Å². The summed E-state index contributed by atoms with van der Waals surface area (Å²) in [6.45, 7) is 5.32. The third kappa shape index (κ3) is 7.87. The lowest BCUT2D eigenvalue weighted by molar-refractivity contribution is -0.140. The van der Waals surface area contributed by atoms with E-state index in [4.69, 9.17) is 9.47 Å². The van der Waals surface area contributed by atoms with Crippen molar-refractivity contribution in [3.8, 4) is 11.5 Å². The highest BCUT2D eigenvalue weighted by atomic mass is 32.2. The minimum Gasteiger partial charge on any atom is -0.497 e. The molecule has 0 saturated heterocycles. The second kappa shape index (κ2) is 13.2. The van der Waals surface area contributed by atoms with Crippen molar-refractivity contribution < 1.29 is 27.5 Å². The zero-order chi connectivity index (χ0) is 26.9. The van der Waals surface area contributed by atoms with Gasteiger partial charge in [-0.1, -0.05) is 32.0 Å². The number of amides is 2. The number of ether oxygens (including phenoxy) is 2. The Bertz CT molecular complexity index is 1140. The molecule has 2 unspecified atom stereocenters. The number of methoxy groups -OCH3 is 2. The molecule has 0 aliphatic heterocycles. The third-order valence-electron chi connectivity index (χ3n) is 5.89. The van der Waals surface area contributed by atoms with Crippen molar-refractivity contribution in [3.05, 3.63) is 54.1 Å². The molecule has 1 N–H and O–H groups in total. The number of nitrogens with zero attached hydrogens (tertiary/aromatic N) is 2. The van der Waals surface area contributed by atoms with Crippen LogP contribution in [0.1, 0.15) is 39.2 Å². The number of nitrogens with one attached hydrogen (secondary N) is 1. The van der Waals surface area contributed by atoms with Crippen LogP contribution in [-0.2, 0) is 26.2 Å². The van der Waals surface area contributed by atoms with E-state index in [-0.39, 0.29) is 18.5 Å². The van der Waals surface area contributed by atoms with E-state index in [2.05, 4.69) is 5.32 Å². The molecule has 0 bridgehead atoms. The summed E-state index contributed by atoms with van der Waals surface area (Å²) in [5.41, 5.74) is 1.05. The van der Waals surface area contributed by atoms with Gasteiger partial charge in [0, 0.05) is 18.7 Å². The quantitative estimate of drug-likeness (QED) is 0.436.